The maximum atomic E-state index is 9.81. The number of ether oxygens (including phenoxy) is 1. The topological polar surface area (TPSA) is 99.4 Å². The van der Waals surface area contributed by atoms with Gasteiger partial charge in [0.15, 0.2) is 14.6 Å². The minimum atomic E-state index is -2.00. The molecule has 7 heteroatoms. The summed E-state index contributed by atoms with van der Waals surface area (Å²) >= 11 is 0. The third-order valence-corrected chi connectivity index (χ3v) is 8.60. The zero-order valence-electron chi connectivity index (χ0n) is 12.2. The van der Waals surface area contributed by atoms with E-state index in [0.29, 0.717) is 0 Å². The molecule has 19 heavy (non-hydrogen) atoms. The van der Waals surface area contributed by atoms with Gasteiger partial charge in [-0.1, -0.05) is 20.8 Å². The lowest BCUT2D eigenvalue weighted by Gasteiger charge is -2.41. The Morgan fingerprint density at radius 2 is 1.53 bits per heavy atom. The van der Waals surface area contributed by atoms with Crippen molar-refractivity contribution in [3.8, 4) is 0 Å². The lowest BCUT2D eigenvalue weighted by molar-refractivity contribution is -0.285. The normalized spacial score (nSPS) is 37.4. The lowest BCUT2D eigenvalue weighted by Crippen LogP contribution is -2.59. The lowest BCUT2D eigenvalue weighted by atomic mass is 10.00. The Labute approximate surface area is 115 Å². The van der Waals surface area contributed by atoms with Crippen molar-refractivity contribution in [3.05, 3.63) is 0 Å². The molecule has 0 aromatic rings. The van der Waals surface area contributed by atoms with Gasteiger partial charge in [-0.3, -0.25) is 0 Å². The van der Waals surface area contributed by atoms with E-state index in [9.17, 15) is 20.4 Å². The first-order valence-electron chi connectivity index (χ1n) is 6.49. The standard InChI is InChI=1S/C12H26O6Si/c1-12(2,3)19(4,5)17-6-7-8(13)9(14)10(15)11(16)18-7/h7-11,13-16H,6H2,1-5H3/t7-,8-,9+,10-,11?/m1/s1. The Morgan fingerprint density at radius 3 is 2.00 bits per heavy atom. The van der Waals surface area contributed by atoms with Crippen molar-refractivity contribution in [3.63, 3.8) is 0 Å². The number of aliphatic hydroxyl groups is 4. The molecule has 1 aliphatic heterocycles. The largest absolute Gasteiger partial charge is 0.414 e. The van der Waals surface area contributed by atoms with Crippen LogP contribution in [0.5, 0.6) is 0 Å². The van der Waals surface area contributed by atoms with Crippen LogP contribution in [0.4, 0.5) is 0 Å². The molecule has 0 aliphatic carbocycles. The quantitative estimate of drug-likeness (QED) is 0.538. The van der Waals surface area contributed by atoms with E-state index in [1.165, 1.54) is 0 Å². The zero-order valence-corrected chi connectivity index (χ0v) is 13.2. The average Bonchev–Trinajstić information content (AvgIpc) is 2.28. The maximum absolute atomic E-state index is 9.81. The average molecular weight is 294 g/mol. The van der Waals surface area contributed by atoms with Gasteiger partial charge >= 0.3 is 0 Å². The van der Waals surface area contributed by atoms with Crippen LogP contribution in [0.15, 0.2) is 0 Å². The van der Waals surface area contributed by atoms with Gasteiger partial charge in [-0.2, -0.15) is 0 Å². The Hall–Kier alpha value is -0.0231. The molecule has 1 heterocycles. The molecule has 114 valence electrons. The minimum absolute atomic E-state index is 0.0172. The molecular formula is C12H26O6Si. The number of rotatable bonds is 3. The minimum Gasteiger partial charge on any atom is -0.414 e. The van der Waals surface area contributed by atoms with E-state index in [4.69, 9.17) is 9.16 Å². The first-order chi connectivity index (χ1) is 8.47. The first kappa shape index (κ1) is 17.0. The van der Waals surface area contributed by atoms with E-state index < -0.39 is 39.0 Å². The number of hydrogen-bond donors (Lipinski definition) is 4. The predicted octanol–water partition coefficient (Wildman–Crippen LogP) is -0.192. The monoisotopic (exact) mass is 294 g/mol. The summed E-state index contributed by atoms with van der Waals surface area (Å²) in [5.74, 6) is 0. The van der Waals surface area contributed by atoms with Gasteiger partial charge in [-0.25, -0.2) is 0 Å². The molecule has 1 fully saturated rings. The molecule has 0 amide bonds. The molecule has 0 aromatic carbocycles. The van der Waals surface area contributed by atoms with E-state index in [1.807, 2.05) is 0 Å². The fourth-order valence-corrected chi connectivity index (χ4v) is 2.59. The Balaban J connectivity index is 2.63. The van der Waals surface area contributed by atoms with E-state index in [0.717, 1.165) is 0 Å². The fraction of sp³-hybridized carbons (Fsp3) is 1.00. The van der Waals surface area contributed by atoms with Gasteiger partial charge in [-0.05, 0) is 18.1 Å². The van der Waals surface area contributed by atoms with Crippen LogP contribution < -0.4 is 0 Å². The highest BCUT2D eigenvalue weighted by Crippen LogP contribution is 2.37. The van der Waals surface area contributed by atoms with E-state index >= 15 is 0 Å². The molecule has 0 aromatic heterocycles. The van der Waals surface area contributed by atoms with Crippen LogP contribution in [0.2, 0.25) is 18.1 Å². The molecule has 4 N–H and O–H groups in total. The summed E-state index contributed by atoms with van der Waals surface area (Å²) in [7, 11) is -2.00. The van der Waals surface area contributed by atoms with E-state index in [1.54, 1.807) is 0 Å². The summed E-state index contributed by atoms with van der Waals surface area (Å²) in [5, 5.41) is 38.2. The summed E-state index contributed by atoms with van der Waals surface area (Å²) < 4.78 is 11.0. The third-order valence-electron chi connectivity index (χ3n) is 4.10. The Kier molecular flexibility index (Phi) is 5.17. The molecule has 1 aliphatic rings. The molecule has 6 nitrogen and oxygen atoms in total. The number of hydrogen-bond acceptors (Lipinski definition) is 6. The summed E-state index contributed by atoms with van der Waals surface area (Å²) in [4.78, 5) is 0. The second-order valence-corrected chi connectivity index (χ2v) is 11.4. The molecule has 0 spiro atoms. The molecule has 1 saturated heterocycles. The van der Waals surface area contributed by atoms with Gasteiger partial charge in [0, 0.05) is 0 Å². The van der Waals surface area contributed by atoms with Gasteiger partial charge < -0.3 is 29.6 Å². The van der Waals surface area contributed by atoms with E-state index in [-0.39, 0.29) is 11.6 Å². The van der Waals surface area contributed by atoms with Gasteiger partial charge in [0.1, 0.15) is 24.4 Å². The third kappa shape index (κ3) is 3.75. The van der Waals surface area contributed by atoms with Crippen LogP contribution in [0, 0.1) is 0 Å². The molecule has 0 bridgehead atoms. The van der Waals surface area contributed by atoms with E-state index in [2.05, 4.69) is 33.9 Å². The molecule has 5 atom stereocenters. The van der Waals surface area contributed by atoms with Gasteiger partial charge in [0.25, 0.3) is 0 Å². The predicted molar refractivity (Wildman–Crippen MR) is 72.0 cm³/mol. The van der Waals surface area contributed by atoms with Crippen molar-refractivity contribution >= 4 is 8.32 Å². The highest BCUT2D eigenvalue weighted by molar-refractivity contribution is 6.74. The highest BCUT2D eigenvalue weighted by atomic mass is 28.4. The van der Waals surface area contributed by atoms with Gasteiger partial charge in [0.2, 0.25) is 0 Å². The van der Waals surface area contributed by atoms with Crippen LogP contribution in [-0.2, 0) is 9.16 Å². The Bertz CT molecular complexity index is 303. The molecule has 1 rings (SSSR count). The van der Waals surface area contributed by atoms with Crippen molar-refractivity contribution in [2.24, 2.45) is 0 Å². The molecule has 0 saturated carbocycles. The highest BCUT2D eigenvalue weighted by Gasteiger charge is 2.45. The van der Waals surface area contributed by atoms with Crippen LogP contribution >= 0.6 is 0 Å². The second kappa shape index (κ2) is 5.77. The zero-order chi connectivity index (χ0) is 15.0. The van der Waals surface area contributed by atoms with Crippen molar-refractivity contribution in [1.82, 2.24) is 0 Å². The van der Waals surface area contributed by atoms with Crippen LogP contribution in [0.1, 0.15) is 20.8 Å². The summed E-state index contributed by atoms with van der Waals surface area (Å²) in [6, 6.07) is 0. The maximum Gasteiger partial charge on any atom is 0.192 e. The smallest absolute Gasteiger partial charge is 0.192 e. The van der Waals surface area contributed by atoms with Crippen LogP contribution in [0.3, 0.4) is 0 Å². The van der Waals surface area contributed by atoms with Crippen molar-refractivity contribution in [1.29, 1.82) is 0 Å². The number of aliphatic hydroxyl groups excluding tert-OH is 4. The van der Waals surface area contributed by atoms with Crippen LogP contribution in [-0.4, -0.2) is 66.1 Å². The SMILES string of the molecule is CC(C)(C)[Si](C)(C)OC[C@H]1OC(O)[C@H](O)[C@@H](O)[C@@H]1O. The summed E-state index contributed by atoms with van der Waals surface area (Å²) in [6.45, 7) is 10.5. The second-order valence-electron chi connectivity index (χ2n) is 6.61. The van der Waals surface area contributed by atoms with Crippen molar-refractivity contribution in [2.45, 2.75) is 69.6 Å². The van der Waals surface area contributed by atoms with Gasteiger partial charge in [-0.15, -0.1) is 0 Å². The fourth-order valence-electron chi connectivity index (χ4n) is 1.58. The molecular weight excluding hydrogens is 268 g/mol. The Morgan fingerprint density at radius 1 is 1.00 bits per heavy atom. The van der Waals surface area contributed by atoms with Gasteiger partial charge in [0.05, 0.1) is 6.61 Å². The summed E-state index contributed by atoms with van der Waals surface area (Å²) in [5.41, 5.74) is 0. The molecule has 0 radical (unpaired) electrons. The first-order valence-corrected chi connectivity index (χ1v) is 9.40. The molecule has 1 unspecified atom stereocenters. The van der Waals surface area contributed by atoms with Crippen LogP contribution in [0.25, 0.3) is 0 Å². The van der Waals surface area contributed by atoms with Crippen molar-refractivity contribution < 1.29 is 29.6 Å². The summed E-state index contributed by atoms with van der Waals surface area (Å²) in [6.07, 6.45) is -6.56. The van der Waals surface area contributed by atoms with Crippen molar-refractivity contribution in [2.75, 3.05) is 6.61 Å².